The molecular weight excluding hydrogens is 228 g/mol. The first-order valence-corrected chi connectivity index (χ1v) is 6.17. The van der Waals surface area contributed by atoms with Crippen molar-refractivity contribution in [2.24, 2.45) is 0 Å². The molecule has 0 heterocycles. The third-order valence-corrected chi connectivity index (χ3v) is 2.73. The molecule has 2 aromatic carbocycles. The van der Waals surface area contributed by atoms with Crippen LogP contribution >= 0.6 is 0 Å². The van der Waals surface area contributed by atoms with Crippen LogP contribution in [-0.4, -0.2) is 20.3 Å². The quantitative estimate of drug-likeness (QED) is 0.806. The average molecular weight is 246 g/mol. The summed E-state index contributed by atoms with van der Waals surface area (Å²) in [6, 6.07) is 9.91. The highest BCUT2D eigenvalue weighted by molar-refractivity contribution is 5.95. The number of methoxy groups -OCH3 is 1. The van der Waals surface area contributed by atoms with Gasteiger partial charge in [0.2, 0.25) is 0 Å². The maximum atomic E-state index is 5.69. The molecule has 0 amide bonds. The SMILES string of the molecule is CCOc1cc(OC)c(OCC)c2ccccc12. The van der Waals surface area contributed by atoms with E-state index in [2.05, 4.69) is 0 Å². The summed E-state index contributed by atoms with van der Waals surface area (Å²) in [5.41, 5.74) is 0. The number of rotatable bonds is 5. The largest absolute Gasteiger partial charge is 0.493 e. The molecule has 0 spiro atoms. The molecule has 0 bridgehead atoms. The zero-order valence-electron chi connectivity index (χ0n) is 11.0. The van der Waals surface area contributed by atoms with Crippen LogP contribution in [0.1, 0.15) is 13.8 Å². The number of hydrogen-bond acceptors (Lipinski definition) is 3. The fourth-order valence-electron chi connectivity index (χ4n) is 2.01. The summed E-state index contributed by atoms with van der Waals surface area (Å²) in [4.78, 5) is 0. The first-order chi connectivity index (χ1) is 8.81. The van der Waals surface area contributed by atoms with Gasteiger partial charge in [-0.1, -0.05) is 24.3 Å². The molecule has 18 heavy (non-hydrogen) atoms. The van der Waals surface area contributed by atoms with E-state index in [1.807, 2.05) is 44.2 Å². The molecule has 2 rings (SSSR count). The molecule has 0 aromatic heterocycles. The summed E-state index contributed by atoms with van der Waals surface area (Å²) in [5.74, 6) is 2.31. The van der Waals surface area contributed by atoms with Crippen LogP contribution < -0.4 is 14.2 Å². The van der Waals surface area contributed by atoms with E-state index >= 15 is 0 Å². The van der Waals surface area contributed by atoms with E-state index in [0.717, 1.165) is 22.3 Å². The van der Waals surface area contributed by atoms with Gasteiger partial charge in [0.25, 0.3) is 0 Å². The molecule has 3 nitrogen and oxygen atoms in total. The topological polar surface area (TPSA) is 27.7 Å². The van der Waals surface area contributed by atoms with E-state index in [0.29, 0.717) is 19.0 Å². The van der Waals surface area contributed by atoms with Gasteiger partial charge >= 0.3 is 0 Å². The molecule has 0 fully saturated rings. The Morgan fingerprint density at radius 1 is 0.889 bits per heavy atom. The molecule has 96 valence electrons. The van der Waals surface area contributed by atoms with Crippen LogP contribution in [0.4, 0.5) is 0 Å². The predicted molar refractivity (Wildman–Crippen MR) is 72.8 cm³/mol. The molecule has 0 saturated heterocycles. The predicted octanol–water partition coefficient (Wildman–Crippen LogP) is 3.65. The third kappa shape index (κ3) is 2.21. The minimum absolute atomic E-state index is 0.605. The van der Waals surface area contributed by atoms with Crippen molar-refractivity contribution in [3.63, 3.8) is 0 Å². The van der Waals surface area contributed by atoms with Crippen molar-refractivity contribution in [1.29, 1.82) is 0 Å². The maximum Gasteiger partial charge on any atom is 0.169 e. The number of ether oxygens (including phenoxy) is 3. The van der Waals surface area contributed by atoms with Crippen LogP contribution in [-0.2, 0) is 0 Å². The number of hydrogen-bond donors (Lipinski definition) is 0. The van der Waals surface area contributed by atoms with Gasteiger partial charge in [-0.15, -0.1) is 0 Å². The van der Waals surface area contributed by atoms with Gasteiger partial charge < -0.3 is 14.2 Å². The molecule has 0 aliphatic carbocycles. The summed E-state index contributed by atoms with van der Waals surface area (Å²) in [7, 11) is 1.64. The van der Waals surface area contributed by atoms with Crippen molar-refractivity contribution in [2.45, 2.75) is 13.8 Å². The van der Waals surface area contributed by atoms with E-state index in [9.17, 15) is 0 Å². The smallest absolute Gasteiger partial charge is 0.169 e. The van der Waals surface area contributed by atoms with Gasteiger partial charge in [0.15, 0.2) is 11.5 Å². The Hall–Kier alpha value is -1.90. The Labute approximate surface area is 107 Å². The summed E-state index contributed by atoms with van der Waals surface area (Å²) in [6.07, 6.45) is 0. The van der Waals surface area contributed by atoms with E-state index in [4.69, 9.17) is 14.2 Å². The Balaban J connectivity index is 2.69. The zero-order valence-corrected chi connectivity index (χ0v) is 11.0. The molecule has 3 heteroatoms. The van der Waals surface area contributed by atoms with E-state index < -0.39 is 0 Å². The lowest BCUT2D eigenvalue weighted by molar-refractivity contribution is 0.309. The molecule has 0 atom stereocenters. The van der Waals surface area contributed by atoms with Gasteiger partial charge in [0, 0.05) is 16.8 Å². The van der Waals surface area contributed by atoms with Crippen LogP contribution in [0, 0.1) is 0 Å². The van der Waals surface area contributed by atoms with Crippen molar-refractivity contribution in [3.8, 4) is 17.2 Å². The summed E-state index contributed by atoms with van der Waals surface area (Å²) in [5, 5.41) is 2.06. The lowest BCUT2D eigenvalue weighted by Gasteiger charge is -2.15. The molecule has 0 unspecified atom stereocenters. The highest BCUT2D eigenvalue weighted by Crippen LogP contribution is 2.41. The van der Waals surface area contributed by atoms with E-state index in [1.54, 1.807) is 7.11 Å². The normalized spacial score (nSPS) is 10.4. The number of benzene rings is 2. The minimum Gasteiger partial charge on any atom is -0.493 e. The van der Waals surface area contributed by atoms with Crippen molar-refractivity contribution in [3.05, 3.63) is 30.3 Å². The summed E-state index contributed by atoms with van der Waals surface area (Å²) in [6.45, 7) is 5.16. The van der Waals surface area contributed by atoms with Crippen LogP contribution in [0.3, 0.4) is 0 Å². The van der Waals surface area contributed by atoms with E-state index in [-0.39, 0.29) is 0 Å². The highest BCUT2D eigenvalue weighted by Gasteiger charge is 2.14. The summed E-state index contributed by atoms with van der Waals surface area (Å²) < 4.78 is 16.7. The van der Waals surface area contributed by atoms with Crippen LogP contribution in [0.5, 0.6) is 17.2 Å². The van der Waals surface area contributed by atoms with Crippen molar-refractivity contribution >= 4 is 10.8 Å². The standard InChI is InChI=1S/C15H18O3/c1-4-17-13-10-14(16-3)15(18-5-2)12-9-7-6-8-11(12)13/h6-10H,4-5H2,1-3H3. The lowest BCUT2D eigenvalue weighted by Crippen LogP contribution is -1.99. The lowest BCUT2D eigenvalue weighted by atomic mass is 10.1. The second-order valence-electron chi connectivity index (χ2n) is 3.82. The number of fused-ring (bicyclic) bond motifs is 1. The molecule has 0 radical (unpaired) electrons. The maximum absolute atomic E-state index is 5.69. The molecule has 2 aromatic rings. The summed E-state index contributed by atoms with van der Waals surface area (Å²) >= 11 is 0. The molecular formula is C15H18O3. The molecule has 0 aliphatic rings. The monoisotopic (exact) mass is 246 g/mol. The zero-order chi connectivity index (χ0) is 13.0. The molecule has 0 aliphatic heterocycles. The van der Waals surface area contributed by atoms with Crippen LogP contribution in [0.2, 0.25) is 0 Å². The fraction of sp³-hybridized carbons (Fsp3) is 0.333. The molecule has 0 N–H and O–H groups in total. The Morgan fingerprint density at radius 3 is 2.17 bits per heavy atom. The van der Waals surface area contributed by atoms with E-state index in [1.165, 1.54) is 0 Å². The van der Waals surface area contributed by atoms with Gasteiger partial charge in [-0.05, 0) is 13.8 Å². The van der Waals surface area contributed by atoms with Crippen molar-refractivity contribution in [1.82, 2.24) is 0 Å². The van der Waals surface area contributed by atoms with Gasteiger partial charge in [0.1, 0.15) is 5.75 Å². The van der Waals surface area contributed by atoms with Crippen LogP contribution in [0.15, 0.2) is 30.3 Å². The molecule has 0 saturated carbocycles. The first kappa shape index (κ1) is 12.6. The van der Waals surface area contributed by atoms with Gasteiger partial charge in [-0.2, -0.15) is 0 Å². The first-order valence-electron chi connectivity index (χ1n) is 6.17. The second kappa shape index (κ2) is 5.63. The third-order valence-electron chi connectivity index (χ3n) is 2.73. The van der Waals surface area contributed by atoms with Gasteiger partial charge in [0.05, 0.1) is 20.3 Å². The minimum atomic E-state index is 0.605. The Morgan fingerprint density at radius 2 is 1.56 bits per heavy atom. The average Bonchev–Trinajstić information content (AvgIpc) is 2.41. The van der Waals surface area contributed by atoms with Crippen molar-refractivity contribution < 1.29 is 14.2 Å². The van der Waals surface area contributed by atoms with Crippen LogP contribution in [0.25, 0.3) is 10.8 Å². The Bertz CT molecular complexity index is 534. The fourth-order valence-corrected chi connectivity index (χ4v) is 2.01. The van der Waals surface area contributed by atoms with Gasteiger partial charge in [-0.3, -0.25) is 0 Å². The van der Waals surface area contributed by atoms with Crippen molar-refractivity contribution in [2.75, 3.05) is 20.3 Å². The second-order valence-corrected chi connectivity index (χ2v) is 3.82. The highest BCUT2D eigenvalue weighted by atomic mass is 16.5. The Kier molecular flexibility index (Phi) is 3.92. The van der Waals surface area contributed by atoms with Gasteiger partial charge in [-0.25, -0.2) is 0 Å².